The predicted octanol–water partition coefficient (Wildman–Crippen LogP) is -1.86. The maximum absolute atomic E-state index is 9.59. The molecular weight excluding hydrogens is 147 g/mol. The zero-order chi connectivity index (χ0) is 4.99. The molecule has 0 spiro atoms. The molecule has 0 heterocycles. The van der Waals surface area contributed by atoms with Crippen LogP contribution in [-0.4, -0.2) is 79.7 Å². The molecule has 0 aromatic carbocycles. The topological polar surface area (TPSA) is 43.4 Å². The summed E-state index contributed by atoms with van der Waals surface area (Å²) in [5.74, 6) is -0.579. The van der Waals surface area contributed by atoms with E-state index in [1.54, 1.807) is 0 Å². The van der Waals surface area contributed by atoms with Crippen molar-refractivity contribution in [3.8, 4) is 0 Å². The zero-order valence-electron chi connectivity index (χ0n) is 3.30. The summed E-state index contributed by atoms with van der Waals surface area (Å²) in [6.45, 7) is 1.26. The van der Waals surface area contributed by atoms with Crippen molar-refractivity contribution in [2.75, 3.05) is 0 Å². The van der Waals surface area contributed by atoms with Crippen LogP contribution in [0.15, 0.2) is 0 Å². The van der Waals surface area contributed by atoms with Crippen molar-refractivity contribution in [1.29, 1.82) is 0 Å². The van der Waals surface area contributed by atoms with Gasteiger partial charge in [0.15, 0.2) is 0 Å². The van der Waals surface area contributed by atoms with Crippen LogP contribution in [0.3, 0.4) is 0 Å². The summed E-state index contributed by atoms with van der Waals surface area (Å²) < 4.78 is 3.72. The maximum atomic E-state index is 9.59. The average Bonchev–Trinajstić information content (AvgIpc) is 1.35. The molecule has 0 saturated heterocycles. The van der Waals surface area contributed by atoms with Gasteiger partial charge in [-0.25, -0.2) is 0 Å². The summed E-state index contributed by atoms with van der Waals surface area (Å²) in [6, 6.07) is 0. The Balaban J connectivity index is -0.000000125. The number of rotatable bonds is 1. The Kier molecular flexibility index (Phi) is 22.7. The molecule has 0 aliphatic carbocycles. The molecule has 0 saturated carbocycles. The minimum absolute atomic E-state index is 0. The van der Waals surface area contributed by atoms with Crippen LogP contribution in [0.1, 0.15) is 6.92 Å². The molecule has 5 heteroatoms. The van der Waals surface area contributed by atoms with Gasteiger partial charge in [0, 0.05) is 6.92 Å². The van der Waals surface area contributed by atoms with Gasteiger partial charge < -0.3 is 4.74 Å². The molecule has 0 unspecified atom stereocenters. The second-order valence-corrected chi connectivity index (χ2v) is 0.706. The van der Waals surface area contributed by atoms with Crippen molar-refractivity contribution < 1.29 is 14.3 Å². The van der Waals surface area contributed by atoms with Gasteiger partial charge in [0.2, 0.25) is 0 Å². The molecule has 0 aliphatic rings. The molecule has 40 valence electrons. The van der Waals surface area contributed by atoms with Gasteiger partial charge in [-0.3, -0.25) is 9.59 Å². The van der Waals surface area contributed by atoms with Gasteiger partial charge in [-0.2, -0.15) is 0 Å². The summed E-state index contributed by atoms with van der Waals surface area (Å²) >= 11 is 0. The fourth-order valence-corrected chi connectivity index (χ4v) is 0.0678. The first-order valence-corrected chi connectivity index (χ1v) is 1.38. The number of hydrogen-bond acceptors (Lipinski definition) is 3. The van der Waals surface area contributed by atoms with E-state index in [2.05, 4.69) is 4.74 Å². The Hall–Kier alpha value is 1.40. The van der Waals surface area contributed by atoms with E-state index in [9.17, 15) is 9.59 Å². The number of carbonyl (C=O) groups excluding carboxylic acids is 2. The van der Waals surface area contributed by atoms with Gasteiger partial charge >= 0.3 is 79.7 Å². The molecular formula is C3H7CaNaO3. The van der Waals surface area contributed by atoms with Crippen LogP contribution in [0, 0.1) is 0 Å². The van der Waals surface area contributed by atoms with E-state index in [4.69, 9.17) is 0 Å². The molecule has 0 fully saturated rings. The van der Waals surface area contributed by atoms with Crippen LogP contribution in [0.5, 0.6) is 0 Å². The summed E-state index contributed by atoms with van der Waals surface area (Å²) in [5.41, 5.74) is 0. The monoisotopic (exact) mass is 154 g/mol. The fraction of sp³-hybridized carbons (Fsp3) is 0.333. The molecule has 0 radical (unpaired) electrons. The van der Waals surface area contributed by atoms with Crippen molar-refractivity contribution in [3.05, 3.63) is 0 Å². The second-order valence-electron chi connectivity index (χ2n) is 0.706. The Morgan fingerprint density at radius 1 is 1.62 bits per heavy atom. The van der Waals surface area contributed by atoms with Crippen LogP contribution in [0.4, 0.5) is 0 Å². The van der Waals surface area contributed by atoms with Crippen molar-refractivity contribution in [2.45, 2.75) is 6.92 Å². The van der Waals surface area contributed by atoms with Crippen molar-refractivity contribution >= 4 is 79.7 Å². The van der Waals surface area contributed by atoms with Crippen molar-refractivity contribution in [2.24, 2.45) is 0 Å². The standard InChI is InChI=1S/C3H4O3.Ca.Na.3H/c1-3(5)6-2-4;;;;;/h2H,1H3;;;;;. The third-order valence-corrected chi connectivity index (χ3v) is 0.214. The van der Waals surface area contributed by atoms with Crippen molar-refractivity contribution in [3.63, 3.8) is 0 Å². The number of esters is 1. The molecule has 3 nitrogen and oxygen atoms in total. The molecule has 0 atom stereocenters. The first kappa shape index (κ1) is 16.2. The first-order chi connectivity index (χ1) is 2.77. The SMILES string of the molecule is CC(=O)OC=O.[CaH2].[NaH]. The summed E-state index contributed by atoms with van der Waals surface area (Å²) in [6.07, 6.45) is 0. The molecule has 8 heavy (non-hydrogen) atoms. The van der Waals surface area contributed by atoms with E-state index in [1.165, 1.54) is 0 Å². The van der Waals surface area contributed by atoms with Gasteiger partial charge in [0.25, 0.3) is 0 Å². The summed E-state index contributed by atoms with van der Waals surface area (Å²) in [7, 11) is 0. The van der Waals surface area contributed by atoms with E-state index in [1.807, 2.05) is 0 Å². The van der Waals surface area contributed by atoms with E-state index in [0.29, 0.717) is 0 Å². The zero-order valence-corrected chi connectivity index (χ0v) is 3.30. The van der Waals surface area contributed by atoms with Crippen LogP contribution in [-0.2, 0) is 14.3 Å². The van der Waals surface area contributed by atoms with Crippen molar-refractivity contribution in [1.82, 2.24) is 0 Å². The molecule has 0 aromatic heterocycles. The van der Waals surface area contributed by atoms with Gasteiger partial charge in [0.1, 0.15) is 0 Å². The minimum atomic E-state index is -0.579. The van der Waals surface area contributed by atoms with Gasteiger partial charge in [0.05, 0.1) is 0 Å². The van der Waals surface area contributed by atoms with Gasteiger partial charge in [-0.15, -0.1) is 0 Å². The number of hydrogen-bond donors (Lipinski definition) is 0. The Labute approximate surface area is 99.4 Å². The molecule has 0 rings (SSSR count). The van der Waals surface area contributed by atoms with E-state index in [0.717, 1.165) is 6.92 Å². The number of ether oxygens (including phenoxy) is 1. The van der Waals surface area contributed by atoms with Gasteiger partial charge in [-0.05, 0) is 0 Å². The third-order valence-electron chi connectivity index (χ3n) is 0.214. The van der Waals surface area contributed by atoms with Crippen LogP contribution in [0.25, 0.3) is 0 Å². The second kappa shape index (κ2) is 11.2. The normalized spacial score (nSPS) is 5.12. The van der Waals surface area contributed by atoms with Crippen LogP contribution in [0.2, 0.25) is 0 Å². The molecule has 0 aromatic rings. The van der Waals surface area contributed by atoms with E-state index in [-0.39, 0.29) is 73.8 Å². The first-order valence-electron chi connectivity index (χ1n) is 1.38. The summed E-state index contributed by atoms with van der Waals surface area (Å²) in [5, 5.41) is 0. The van der Waals surface area contributed by atoms with E-state index < -0.39 is 5.97 Å². The molecule has 0 amide bonds. The number of carbonyl (C=O) groups is 2. The fourth-order valence-electron chi connectivity index (χ4n) is 0.0678. The quantitative estimate of drug-likeness (QED) is 0.192. The van der Waals surface area contributed by atoms with E-state index >= 15 is 0 Å². The Bertz CT molecular complexity index is 74.9. The van der Waals surface area contributed by atoms with Gasteiger partial charge in [-0.1, -0.05) is 0 Å². The van der Waals surface area contributed by atoms with Crippen LogP contribution < -0.4 is 0 Å². The average molecular weight is 154 g/mol. The Morgan fingerprint density at radius 3 is 2.00 bits per heavy atom. The molecule has 0 aliphatic heterocycles. The van der Waals surface area contributed by atoms with Crippen LogP contribution >= 0.6 is 0 Å². The molecule has 0 bridgehead atoms. The third kappa shape index (κ3) is 15.7. The Morgan fingerprint density at radius 2 is 2.00 bits per heavy atom. The molecule has 0 N–H and O–H groups in total. The predicted molar refractivity (Wildman–Crippen MR) is 33.5 cm³/mol. The summed E-state index contributed by atoms with van der Waals surface area (Å²) in [4.78, 5) is 18.8.